The van der Waals surface area contributed by atoms with Crippen LogP contribution in [0, 0.1) is 0 Å². The van der Waals surface area contributed by atoms with Gasteiger partial charge in [-0.15, -0.1) is 0 Å². The monoisotopic (exact) mass is 400 g/mol. The molecule has 1 aromatic rings. The molecule has 0 heterocycles. The summed E-state index contributed by atoms with van der Waals surface area (Å²) < 4.78 is 74.5. The van der Waals surface area contributed by atoms with Gasteiger partial charge in [0.25, 0.3) is 10.1 Å². The van der Waals surface area contributed by atoms with Crippen LogP contribution in [0.4, 0.5) is 13.2 Å². The van der Waals surface area contributed by atoms with Gasteiger partial charge in [0.05, 0.1) is 5.56 Å². The third-order valence-electron chi connectivity index (χ3n) is 4.66. The van der Waals surface area contributed by atoms with Gasteiger partial charge in [-0.05, 0) is 11.1 Å². The summed E-state index contributed by atoms with van der Waals surface area (Å²) in [5, 5.41) is 0. The fourth-order valence-electron chi connectivity index (χ4n) is 3.44. The van der Waals surface area contributed by atoms with E-state index in [0.29, 0.717) is 30.1 Å². The van der Waals surface area contributed by atoms with E-state index in [1.807, 2.05) is 7.85 Å². The van der Waals surface area contributed by atoms with E-state index in [9.17, 15) is 26.4 Å². The molecule has 14 heteroatoms. The number of benzene rings is 1. The zero-order valence-electron chi connectivity index (χ0n) is 16.0. The Morgan fingerprint density at radius 1 is 1.00 bits per heavy atom. The van der Waals surface area contributed by atoms with Crippen molar-refractivity contribution in [2.45, 2.75) is 31.2 Å². The highest BCUT2D eigenvalue weighted by Crippen LogP contribution is 2.26. The van der Waals surface area contributed by atoms with Crippen LogP contribution in [0.3, 0.4) is 0 Å². The predicted octanol–water partition coefficient (Wildman–Crippen LogP) is -4.42. The lowest BCUT2D eigenvalue weighted by atomic mass is 9.66. The second-order valence-corrected chi connectivity index (χ2v) is 7.80. The second kappa shape index (κ2) is 8.81. The summed E-state index contributed by atoms with van der Waals surface area (Å²) in [6, 6.07) is 0. The van der Waals surface area contributed by atoms with Gasteiger partial charge in [0.1, 0.15) is 45.0 Å². The second-order valence-electron chi connectivity index (χ2n) is 6.31. The van der Waals surface area contributed by atoms with Crippen molar-refractivity contribution >= 4 is 66.2 Å². The van der Waals surface area contributed by atoms with E-state index >= 15 is 0 Å². The number of carbonyl (C=O) groups is 1. The topological polar surface area (TPSA) is 80.7 Å². The first-order chi connectivity index (χ1) is 12.3. The Balaban J connectivity index is 3.53. The van der Waals surface area contributed by atoms with Crippen molar-refractivity contribution in [3.8, 4) is 0 Å². The highest BCUT2D eigenvalue weighted by molar-refractivity contribution is 7.85. The lowest BCUT2D eigenvalue weighted by Crippen LogP contribution is -2.41. The number of carbonyl (C=O) groups excluding carboxylic acids is 1. The van der Waals surface area contributed by atoms with Gasteiger partial charge >= 0.3 is 12.1 Å². The molecule has 0 spiro atoms. The van der Waals surface area contributed by atoms with Crippen LogP contribution in [0.5, 0.6) is 0 Å². The van der Waals surface area contributed by atoms with Crippen molar-refractivity contribution in [3.63, 3.8) is 0 Å². The average molecular weight is 399 g/mol. The lowest BCUT2D eigenvalue weighted by Gasteiger charge is -2.25. The van der Waals surface area contributed by atoms with Crippen LogP contribution in [0.15, 0.2) is 0 Å². The SMILES string of the molecule is BCc1c(B)c(CB)c(C(=O)OC(CS(=O)(=O)O)C(F)(F)F)c(CB)c1B. The molecule has 1 rings (SSSR count). The molecule has 0 aliphatic rings. The molecule has 1 unspecified atom stereocenters. The van der Waals surface area contributed by atoms with Gasteiger partial charge in [-0.3, -0.25) is 4.55 Å². The van der Waals surface area contributed by atoms with Gasteiger partial charge in [-0.1, -0.05) is 35.4 Å². The summed E-state index contributed by atoms with van der Waals surface area (Å²) >= 11 is 0. The summed E-state index contributed by atoms with van der Waals surface area (Å²) in [7, 11) is 4.15. The van der Waals surface area contributed by atoms with E-state index < -0.39 is 34.1 Å². The van der Waals surface area contributed by atoms with Gasteiger partial charge in [0.15, 0.2) is 0 Å². The highest BCUT2D eigenvalue weighted by Gasteiger charge is 2.46. The Hall–Kier alpha value is -1.29. The van der Waals surface area contributed by atoms with Crippen LogP contribution in [-0.4, -0.2) is 76.2 Å². The van der Waals surface area contributed by atoms with Crippen molar-refractivity contribution in [1.82, 2.24) is 0 Å². The van der Waals surface area contributed by atoms with Crippen molar-refractivity contribution in [1.29, 1.82) is 0 Å². The standard InChI is InChI=1S/C13H20B5F3O5S/c14-1-5-9(6(2-15)11(18)7(3-16)10(5)17)12(22)26-8(13(19,20)21)4-27(23,24)25/h8H,1-4,14-18H2,(H,23,24,25). The molecule has 0 saturated carbocycles. The average Bonchev–Trinajstić information content (AvgIpc) is 2.52. The summed E-state index contributed by atoms with van der Waals surface area (Å²) in [4.78, 5) is 12.7. The van der Waals surface area contributed by atoms with E-state index in [2.05, 4.69) is 4.74 Å². The first kappa shape index (κ1) is 23.8. The number of rotatable bonds is 7. The Labute approximate surface area is 161 Å². The predicted molar refractivity (Wildman–Crippen MR) is 111 cm³/mol. The molecule has 1 aromatic carbocycles. The fourth-order valence-corrected chi connectivity index (χ4v) is 4.08. The van der Waals surface area contributed by atoms with E-state index in [1.54, 1.807) is 31.4 Å². The van der Waals surface area contributed by atoms with Crippen molar-refractivity contribution in [2.75, 3.05) is 5.75 Å². The van der Waals surface area contributed by atoms with Crippen molar-refractivity contribution in [3.05, 3.63) is 22.3 Å². The molecule has 1 atom stereocenters. The quantitative estimate of drug-likeness (QED) is 0.285. The van der Waals surface area contributed by atoms with Gasteiger partial charge < -0.3 is 4.74 Å². The van der Waals surface area contributed by atoms with E-state index in [-0.39, 0.29) is 5.56 Å². The van der Waals surface area contributed by atoms with Crippen LogP contribution in [0.1, 0.15) is 27.0 Å². The smallest absolute Gasteiger partial charge is 0.426 e. The molecule has 1 N–H and O–H groups in total. The maximum atomic E-state index is 13.1. The normalized spacial score (nSPS) is 13.3. The van der Waals surface area contributed by atoms with E-state index in [4.69, 9.17) is 4.55 Å². The number of hydrogen-bond acceptors (Lipinski definition) is 4. The summed E-state index contributed by atoms with van der Waals surface area (Å²) in [5.41, 5.74) is 3.90. The molecule has 0 saturated heterocycles. The molecule has 0 amide bonds. The van der Waals surface area contributed by atoms with Crippen LogP contribution >= 0.6 is 0 Å². The molecule has 0 aliphatic carbocycles. The number of esters is 1. The number of halogens is 3. The van der Waals surface area contributed by atoms with Gasteiger partial charge in [-0.2, -0.15) is 21.6 Å². The van der Waals surface area contributed by atoms with Crippen LogP contribution < -0.4 is 10.9 Å². The summed E-state index contributed by atoms with van der Waals surface area (Å²) in [6.07, 6.45) is -6.55. The number of alkyl halides is 3. The molecule has 0 fully saturated rings. The first-order valence-electron chi connectivity index (χ1n) is 8.64. The van der Waals surface area contributed by atoms with Crippen LogP contribution in [0.25, 0.3) is 0 Å². The molecule has 0 aromatic heterocycles. The van der Waals surface area contributed by atoms with E-state index in [1.165, 1.54) is 0 Å². The first-order valence-corrected chi connectivity index (χ1v) is 10.3. The fraction of sp³-hybridized carbons (Fsp3) is 0.462. The Kier molecular flexibility index (Phi) is 7.75. The van der Waals surface area contributed by atoms with E-state index in [0.717, 1.165) is 16.5 Å². The van der Waals surface area contributed by atoms with Crippen LogP contribution in [0.2, 0.25) is 0 Å². The molecule has 144 valence electrons. The Bertz CT molecular complexity index is 798. The van der Waals surface area contributed by atoms with Gasteiger partial charge in [0, 0.05) is 0 Å². The number of ether oxygens (including phenoxy) is 1. The maximum absolute atomic E-state index is 13.1. The summed E-state index contributed by atoms with van der Waals surface area (Å²) in [5.74, 6) is -2.97. The van der Waals surface area contributed by atoms with Crippen LogP contribution in [-0.2, 0) is 33.8 Å². The maximum Gasteiger partial charge on any atom is 0.426 e. The minimum absolute atomic E-state index is 0.0526. The van der Waals surface area contributed by atoms with Crippen molar-refractivity contribution < 1.29 is 35.7 Å². The third-order valence-corrected chi connectivity index (χ3v) is 5.38. The molecular formula is C13H20B5F3O5S. The molecule has 0 aliphatic heterocycles. The molecule has 5 nitrogen and oxygen atoms in total. The molecule has 0 radical (unpaired) electrons. The van der Waals surface area contributed by atoms with Gasteiger partial charge in [0.2, 0.25) is 6.10 Å². The molecule has 27 heavy (non-hydrogen) atoms. The zero-order valence-corrected chi connectivity index (χ0v) is 16.8. The molecular weight excluding hydrogens is 379 g/mol. The minimum Gasteiger partial charge on any atom is -0.448 e. The Morgan fingerprint density at radius 3 is 1.70 bits per heavy atom. The number of hydrogen-bond donors (Lipinski definition) is 1. The summed E-state index contributed by atoms with van der Waals surface area (Å²) in [6.45, 7) is 0. The third kappa shape index (κ3) is 5.60. The Morgan fingerprint density at radius 2 is 1.41 bits per heavy atom. The minimum atomic E-state index is -5.13. The van der Waals surface area contributed by atoms with Gasteiger partial charge in [-0.25, -0.2) is 4.79 Å². The largest absolute Gasteiger partial charge is 0.448 e. The highest BCUT2D eigenvalue weighted by atomic mass is 32.2. The molecule has 0 bridgehead atoms. The lowest BCUT2D eigenvalue weighted by molar-refractivity contribution is -0.197. The zero-order chi connectivity index (χ0) is 21.2. The van der Waals surface area contributed by atoms with Crippen molar-refractivity contribution in [2.24, 2.45) is 0 Å².